The highest BCUT2D eigenvalue weighted by atomic mass is 35.5. The number of rotatable bonds is 6. The number of halogens is 1. The van der Waals surface area contributed by atoms with E-state index in [9.17, 15) is 0 Å². The van der Waals surface area contributed by atoms with Gasteiger partial charge in [0.25, 0.3) is 0 Å². The molecular formula is C15H19ClN2OS. The van der Waals surface area contributed by atoms with Crippen LogP contribution in [0.1, 0.15) is 0 Å². The fourth-order valence-corrected chi connectivity index (χ4v) is 1.74. The van der Waals surface area contributed by atoms with E-state index in [1.165, 1.54) is 0 Å². The van der Waals surface area contributed by atoms with E-state index in [-0.39, 0.29) is 18.4 Å². The van der Waals surface area contributed by atoms with Crippen molar-refractivity contribution in [2.24, 2.45) is 5.73 Å². The normalized spacial score (nSPS) is 11.3. The van der Waals surface area contributed by atoms with Gasteiger partial charge in [-0.1, -0.05) is 24.3 Å². The van der Waals surface area contributed by atoms with Crippen LogP contribution in [0.25, 0.3) is 0 Å². The van der Waals surface area contributed by atoms with Crippen LogP contribution in [-0.4, -0.2) is 18.3 Å². The van der Waals surface area contributed by atoms with E-state index in [1.807, 2.05) is 54.6 Å². The highest BCUT2D eigenvalue weighted by Gasteiger charge is 2.01. The minimum absolute atomic E-state index is 0. The van der Waals surface area contributed by atoms with Crippen LogP contribution in [0, 0.1) is 0 Å². The first-order valence-corrected chi connectivity index (χ1v) is 6.84. The summed E-state index contributed by atoms with van der Waals surface area (Å²) >= 11 is 4.16. The lowest BCUT2D eigenvalue weighted by Crippen LogP contribution is -2.30. The summed E-state index contributed by atoms with van der Waals surface area (Å²) in [6.45, 7) is 0.693. The molecule has 0 aliphatic carbocycles. The smallest absolute Gasteiger partial charge is 0.129 e. The Hall–Kier alpha value is -1.36. The Morgan fingerprint density at radius 2 is 1.75 bits per heavy atom. The fourth-order valence-electron chi connectivity index (χ4n) is 1.61. The first kappa shape index (κ1) is 16.7. The predicted molar refractivity (Wildman–Crippen MR) is 90.5 cm³/mol. The molecule has 2 aromatic rings. The molecule has 0 saturated carbocycles. The van der Waals surface area contributed by atoms with Crippen LogP contribution < -0.4 is 15.8 Å². The molecule has 0 amide bonds. The van der Waals surface area contributed by atoms with Crippen molar-refractivity contribution in [1.29, 1.82) is 0 Å². The lowest BCUT2D eigenvalue weighted by molar-refractivity contribution is 0.483. The van der Waals surface area contributed by atoms with Crippen LogP contribution in [0.5, 0.6) is 11.5 Å². The summed E-state index contributed by atoms with van der Waals surface area (Å²) in [4.78, 5) is 0. The summed E-state index contributed by atoms with van der Waals surface area (Å²) in [5, 5.41) is 3.27. The lowest BCUT2D eigenvalue weighted by atomic mass is 10.2. The maximum Gasteiger partial charge on any atom is 0.129 e. The molecule has 20 heavy (non-hydrogen) atoms. The molecule has 0 bridgehead atoms. The average molecular weight is 311 g/mol. The van der Waals surface area contributed by atoms with E-state index in [1.54, 1.807) is 0 Å². The highest BCUT2D eigenvalue weighted by Crippen LogP contribution is 2.23. The zero-order valence-corrected chi connectivity index (χ0v) is 12.7. The predicted octanol–water partition coefficient (Wildman–Crippen LogP) is 3.57. The van der Waals surface area contributed by atoms with Crippen molar-refractivity contribution < 1.29 is 4.74 Å². The third kappa shape index (κ3) is 5.33. The Labute approximate surface area is 131 Å². The standard InChI is InChI=1S/C15H18N2OS.ClH/c16-12(11-19)10-17-13-5-4-8-15(9-13)18-14-6-2-1-3-7-14;/h1-9,12,17,19H,10-11,16H2;1H/t12-;/m1./s1. The van der Waals surface area contributed by atoms with Crippen LogP contribution in [0.2, 0.25) is 0 Å². The minimum Gasteiger partial charge on any atom is -0.457 e. The molecule has 2 aromatic carbocycles. The number of nitrogens with two attached hydrogens (primary N) is 1. The summed E-state index contributed by atoms with van der Waals surface area (Å²) in [5.74, 6) is 2.29. The van der Waals surface area contributed by atoms with Gasteiger partial charge in [-0.05, 0) is 24.3 Å². The molecule has 1 atom stereocenters. The Morgan fingerprint density at radius 1 is 1.05 bits per heavy atom. The molecule has 0 aliphatic rings. The molecule has 0 saturated heterocycles. The van der Waals surface area contributed by atoms with Gasteiger partial charge in [0.05, 0.1) is 0 Å². The van der Waals surface area contributed by atoms with Gasteiger partial charge in [0.2, 0.25) is 0 Å². The number of hydrogen-bond donors (Lipinski definition) is 3. The summed E-state index contributed by atoms with van der Waals surface area (Å²) in [6.07, 6.45) is 0. The number of thiol groups is 1. The van der Waals surface area contributed by atoms with Crippen molar-refractivity contribution in [2.75, 3.05) is 17.6 Å². The number of anilines is 1. The molecule has 5 heteroatoms. The van der Waals surface area contributed by atoms with Crippen LogP contribution in [0.3, 0.4) is 0 Å². The molecule has 3 N–H and O–H groups in total. The summed E-state index contributed by atoms with van der Waals surface area (Å²) < 4.78 is 5.77. The maximum atomic E-state index is 5.81. The third-order valence-electron chi connectivity index (χ3n) is 2.62. The largest absolute Gasteiger partial charge is 0.457 e. The van der Waals surface area contributed by atoms with Gasteiger partial charge < -0.3 is 15.8 Å². The number of benzene rings is 2. The van der Waals surface area contributed by atoms with E-state index in [4.69, 9.17) is 10.5 Å². The van der Waals surface area contributed by atoms with Gasteiger partial charge in [-0.2, -0.15) is 12.6 Å². The third-order valence-corrected chi connectivity index (χ3v) is 3.08. The Balaban J connectivity index is 0.00000200. The van der Waals surface area contributed by atoms with Crippen molar-refractivity contribution in [3.8, 4) is 11.5 Å². The molecule has 108 valence electrons. The minimum atomic E-state index is 0. The summed E-state index contributed by atoms with van der Waals surface area (Å²) in [6, 6.07) is 17.6. The number of hydrogen-bond acceptors (Lipinski definition) is 4. The van der Waals surface area contributed by atoms with Gasteiger partial charge in [-0.25, -0.2) is 0 Å². The number of nitrogens with one attached hydrogen (secondary N) is 1. The monoisotopic (exact) mass is 310 g/mol. The Kier molecular flexibility index (Phi) is 7.30. The SMILES string of the molecule is Cl.N[C@@H](CS)CNc1cccc(Oc2ccccc2)c1. The molecule has 0 heterocycles. The van der Waals surface area contributed by atoms with Crippen LogP contribution in [0.15, 0.2) is 54.6 Å². The summed E-state index contributed by atoms with van der Waals surface area (Å²) in [7, 11) is 0. The van der Waals surface area contributed by atoms with Gasteiger partial charge >= 0.3 is 0 Å². The average Bonchev–Trinajstić information content (AvgIpc) is 2.46. The van der Waals surface area contributed by atoms with Crippen molar-refractivity contribution in [1.82, 2.24) is 0 Å². The number of para-hydroxylation sites is 1. The van der Waals surface area contributed by atoms with E-state index in [2.05, 4.69) is 17.9 Å². The van der Waals surface area contributed by atoms with E-state index in [0.29, 0.717) is 12.3 Å². The molecule has 0 spiro atoms. The Bertz CT molecular complexity index is 510. The van der Waals surface area contributed by atoms with Crippen molar-refractivity contribution in [3.63, 3.8) is 0 Å². The fraction of sp³-hybridized carbons (Fsp3) is 0.200. The number of ether oxygens (including phenoxy) is 1. The van der Waals surface area contributed by atoms with Crippen LogP contribution in [-0.2, 0) is 0 Å². The van der Waals surface area contributed by atoms with Gasteiger partial charge in [0.1, 0.15) is 11.5 Å². The zero-order chi connectivity index (χ0) is 13.5. The zero-order valence-electron chi connectivity index (χ0n) is 11.0. The van der Waals surface area contributed by atoms with E-state index >= 15 is 0 Å². The second kappa shape index (κ2) is 8.74. The lowest BCUT2D eigenvalue weighted by Gasteiger charge is -2.12. The molecule has 0 aromatic heterocycles. The quantitative estimate of drug-likeness (QED) is 0.715. The van der Waals surface area contributed by atoms with Gasteiger partial charge in [-0.15, -0.1) is 12.4 Å². The Morgan fingerprint density at radius 3 is 2.45 bits per heavy atom. The maximum absolute atomic E-state index is 5.81. The molecule has 3 nitrogen and oxygen atoms in total. The molecule has 2 rings (SSSR count). The first-order valence-electron chi connectivity index (χ1n) is 6.21. The molecular weight excluding hydrogens is 292 g/mol. The van der Waals surface area contributed by atoms with Crippen molar-refractivity contribution in [3.05, 3.63) is 54.6 Å². The molecule has 0 fully saturated rings. The van der Waals surface area contributed by atoms with Gasteiger partial charge in [0, 0.05) is 30.1 Å². The topological polar surface area (TPSA) is 47.3 Å². The molecule has 0 unspecified atom stereocenters. The van der Waals surface area contributed by atoms with Crippen LogP contribution >= 0.6 is 25.0 Å². The van der Waals surface area contributed by atoms with Crippen molar-refractivity contribution >= 4 is 30.7 Å². The molecule has 0 radical (unpaired) electrons. The second-order valence-corrected chi connectivity index (χ2v) is 4.63. The van der Waals surface area contributed by atoms with Gasteiger partial charge in [-0.3, -0.25) is 0 Å². The molecule has 0 aliphatic heterocycles. The van der Waals surface area contributed by atoms with Crippen LogP contribution in [0.4, 0.5) is 5.69 Å². The second-order valence-electron chi connectivity index (χ2n) is 4.27. The van der Waals surface area contributed by atoms with E-state index < -0.39 is 0 Å². The van der Waals surface area contributed by atoms with Crippen molar-refractivity contribution in [2.45, 2.75) is 6.04 Å². The first-order chi connectivity index (χ1) is 9.28. The van der Waals surface area contributed by atoms with Gasteiger partial charge in [0.15, 0.2) is 0 Å². The highest BCUT2D eigenvalue weighted by molar-refractivity contribution is 7.80. The summed E-state index contributed by atoms with van der Waals surface area (Å²) in [5.41, 5.74) is 6.80. The van der Waals surface area contributed by atoms with E-state index in [0.717, 1.165) is 17.2 Å².